The molecule has 0 aromatic rings. The van der Waals surface area contributed by atoms with Gasteiger partial charge >= 0.3 is 5.97 Å². The third-order valence-electron chi connectivity index (χ3n) is 8.63. The fraction of sp³-hybridized carbons (Fsp3) is 0.818. The van der Waals surface area contributed by atoms with Crippen molar-refractivity contribution in [2.45, 2.75) is 89.2 Å². The number of aliphatic hydroxyl groups is 4. The molecule has 3 aliphatic carbocycles. The van der Waals surface area contributed by atoms with E-state index in [1.54, 1.807) is 20.8 Å². The number of Topliss-reactive ketones (excluding diaryl/α,β-unsaturated/α-hetero) is 1. The van der Waals surface area contributed by atoms with Crippen LogP contribution in [0.4, 0.5) is 4.39 Å². The fourth-order valence-electron chi connectivity index (χ4n) is 6.65. The summed E-state index contributed by atoms with van der Waals surface area (Å²) in [4.78, 5) is 25.8. The average Bonchev–Trinajstić information content (AvgIpc) is 2.66. The lowest BCUT2D eigenvalue weighted by Crippen LogP contribution is -2.80. The quantitative estimate of drug-likeness (QED) is 0.334. The topological polar surface area (TPSA) is 134 Å². The number of halogens is 1. The molecular formula is C22H31FO8. The molecule has 2 bridgehead atoms. The number of carbonyl (C=O) groups is 2. The van der Waals surface area contributed by atoms with Crippen LogP contribution in [0.1, 0.15) is 47.5 Å². The largest absolute Gasteiger partial charge is 0.459 e. The Labute approximate surface area is 180 Å². The minimum absolute atomic E-state index is 0.0850. The Balaban J connectivity index is 2.06. The van der Waals surface area contributed by atoms with E-state index in [1.165, 1.54) is 6.92 Å². The SMILES string of the molecule is CC(=O)OC1C2[C@](C)(C(=O)[C@H](O)C3=C(C)[C@@H](O)C[C@]1(O)C3(C)C)C(F)C[C@H]1OC[C@@]21O. The first-order valence-corrected chi connectivity index (χ1v) is 10.6. The molecule has 3 unspecified atom stereocenters. The van der Waals surface area contributed by atoms with Gasteiger partial charge < -0.3 is 29.9 Å². The molecule has 1 aliphatic heterocycles. The molecule has 4 N–H and O–H groups in total. The van der Waals surface area contributed by atoms with Crippen LogP contribution in [0.25, 0.3) is 0 Å². The average molecular weight is 442 g/mol. The van der Waals surface area contributed by atoms with E-state index < -0.39 is 70.3 Å². The van der Waals surface area contributed by atoms with Crippen molar-refractivity contribution in [1.82, 2.24) is 0 Å². The molecule has 174 valence electrons. The molecule has 9 heteroatoms. The van der Waals surface area contributed by atoms with Gasteiger partial charge in [0, 0.05) is 31.1 Å². The van der Waals surface area contributed by atoms with Gasteiger partial charge in [-0.05, 0) is 25.0 Å². The summed E-state index contributed by atoms with van der Waals surface area (Å²) < 4.78 is 26.6. The van der Waals surface area contributed by atoms with Gasteiger partial charge in [-0.25, -0.2) is 4.39 Å². The number of carbonyl (C=O) groups excluding carboxylic acids is 2. The van der Waals surface area contributed by atoms with Crippen molar-refractivity contribution in [3.63, 3.8) is 0 Å². The van der Waals surface area contributed by atoms with Crippen molar-refractivity contribution in [2.24, 2.45) is 16.7 Å². The molecule has 4 rings (SSSR count). The predicted molar refractivity (Wildman–Crippen MR) is 104 cm³/mol. The second-order valence-electron chi connectivity index (χ2n) is 10.4. The van der Waals surface area contributed by atoms with E-state index in [0.29, 0.717) is 5.57 Å². The lowest BCUT2D eigenvalue weighted by molar-refractivity contribution is -0.340. The van der Waals surface area contributed by atoms with Gasteiger partial charge in [-0.1, -0.05) is 13.8 Å². The maximum Gasteiger partial charge on any atom is 0.303 e. The van der Waals surface area contributed by atoms with E-state index in [0.717, 1.165) is 6.92 Å². The third-order valence-corrected chi connectivity index (χ3v) is 8.63. The Kier molecular flexibility index (Phi) is 4.83. The first kappa shape index (κ1) is 22.8. The number of esters is 1. The number of alkyl halides is 1. The van der Waals surface area contributed by atoms with Crippen LogP contribution < -0.4 is 0 Å². The monoisotopic (exact) mass is 442 g/mol. The van der Waals surface area contributed by atoms with Crippen molar-refractivity contribution in [3.05, 3.63) is 11.1 Å². The third kappa shape index (κ3) is 2.58. The second-order valence-corrected chi connectivity index (χ2v) is 10.4. The van der Waals surface area contributed by atoms with Gasteiger partial charge in [0.1, 0.15) is 29.6 Å². The van der Waals surface area contributed by atoms with E-state index >= 15 is 4.39 Å². The standard InChI is InChI=1S/C22H31FO8/c1-9-11(25)7-22(29)18(31-10(2)24)16-20(5,12(23)6-13-21(16,28)8-30-13)17(27)15(26)14(9)19(22,3)4/h11-13,15-16,18,25-26,28-29H,6-8H2,1-5H3/t11-,12?,13+,15+,16?,18?,20+,21-,22+/m0/s1. The molecule has 3 fully saturated rings. The zero-order valence-corrected chi connectivity index (χ0v) is 18.4. The van der Waals surface area contributed by atoms with E-state index in [1.807, 2.05) is 0 Å². The molecule has 0 aromatic heterocycles. The molecule has 1 saturated heterocycles. The highest BCUT2D eigenvalue weighted by molar-refractivity contribution is 5.93. The van der Waals surface area contributed by atoms with Gasteiger partial charge in [-0.3, -0.25) is 9.59 Å². The van der Waals surface area contributed by atoms with Crippen molar-refractivity contribution in [1.29, 1.82) is 0 Å². The zero-order chi connectivity index (χ0) is 23.3. The van der Waals surface area contributed by atoms with Gasteiger partial charge in [0.2, 0.25) is 0 Å². The first-order chi connectivity index (χ1) is 14.1. The van der Waals surface area contributed by atoms with Gasteiger partial charge in [-0.2, -0.15) is 0 Å². The van der Waals surface area contributed by atoms with Crippen LogP contribution >= 0.6 is 0 Å². The Morgan fingerprint density at radius 3 is 2.35 bits per heavy atom. The van der Waals surface area contributed by atoms with Crippen LogP contribution in [0.2, 0.25) is 0 Å². The highest BCUT2D eigenvalue weighted by atomic mass is 19.1. The number of hydrogen-bond donors (Lipinski definition) is 4. The minimum atomic E-state index is -2.01. The molecule has 0 amide bonds. The number of ether oxygens (including phenoxy) is 2. The molecule has 0 radical (unpaired) electrons. The van der Waals surface area contributed by atoms with Crippen LogP contribution in [0.15, 0.2) is 11.1 Å². The summed E-state index contributed by atoms with van der Waals surface area (Å²) in [5.74, 6) is -3.06. The van der Waals surface area contributed by atoms with Crippen LogP contribution in [0, 0.1) is 16.7 Å². The molecule has 9 atom stereocenters. The summed E-state index contributed by atoms with van der Waals surface area (Å²) in [6.07, 6.45) is -7.88. The van der Waals surface area contributed by atoms with Crippen molar-refractivity contribution in [3.8, 4) is 0 Å². The molecule has 4 aliphatic rings. The summed E-state index contributed by atoms with van der Waals surface area (Å²) in [7, 11) is 0. The first-order valence-electron chi connectivity index (χ1n) is 10.6. The molecule has 1 heterocycles. The van der Waals surface area contributed by atoms with E-state index in [2.05, 4.69) is 0 Å². The molecular weight excluding hydrogens is 411 g/mol. The molecule has 31 heavy (non-hydrogen) atoms. The lowest BCUT2D eigenvalue weighted by Gasteiger charge is -2.66. The number of fused-ring (bicyclic) bond motifs is 5. The molecule has 8 nitrogen and oxygen atoms in total. The second kappa shape index (κ2) is 6.57. The summed E-state index contributed by atoms with van der Waals surface area (Å²) in [6.45, 7) is 6.92. The van der Waals surface area contributed by atoms with Crippen molar-refractivity contribution >= 4 is 11.8 Å². The Hall–Kier alpha value is -1.39. The van der Waals surface area contributed by atoms with Crippen molar-refractivity contribution in [2.75, 3.05) is 6.61 Å². The van der Waals surface area contributed by atoms with E-state index in [4.69, 9.17) is 9.47 Å². The normalized spacial score (nSPS) is 51.1. The fourth-order valence-corrected chi connectivity index (χ4v) is 6.65. The Morgan fingerprint density at radius 1 is 1.23 bits per heavy atom. The van der Waals surface area contributed by atoms with Gasteiger partial charge in [0.05, 0.1) is 24.2 Å². The zero-order valence-electron chi connectivity index (χ0n) is 18.4. The van der Waals surface area contributed by atoms with E-state index in [-0.39, 0.29) is 25.0 Å². The van der Waals surface area contributed by atoms with Crippen LogP contribution in [-0.4, -0.2) is 80.6 Å². The number of ketones is 1. The lowest BCUT2D eigenvalue weighted by atomic mass is 9.45. The highest BCUT2D eigenvalue weighted by Crippen LogP contribution is 2.63. The Bertz CT molecular complexity index is 870. The predicted octanol–water partition coefficient (Wildman–Crippen LogP) is 0.194. The number of hydrogen-bond acceptors (Lipinski definition) is 8. The Morgan fingerprint density at radius 2 is 1.84 bits per heavy atom. The van der Waals surface area contributed by atoms with Crippen LogP contribution in [0.5, 0.6) is 0 Å². The maximum atomic E-state index is 15.6. The van der Waals surface area contributed by atoms with Crippen LogP contribution in [0.3, 0.4) is 0 Å². The minimum Gasteiger partial charge on any atom is -0.459 e. The van der Waals surface area contributed by atoms with E-state index in [9.17, 15) is 30.0 Å². The molecule has 2 saturated carbocycles. The summed E-state index contributed by atoms with van der Waals surface area (Å²) in [5, 5.41) is 45.4. The van der Waals surface area contributed by atoms with Crippen molar-refractivity contribution < 1.29 is 43.9 Å². The van der Waals surface area contributed by atoms with Gasteiger partial charge in [0.15, 0.2) is 5.78 Å². The smallest absolute Gasteiger partial charge is 0.303 e. The molecule has 0 aromatic carbocycles. The summed E-state index contributed by atoms with van der Waals surface area (Å²) >= 11 is 0. The number of rotatable bonds is 1. The number of aliphatic hydroxyl groups excluding tert-OH is 2. The molecule has 0 spiro atoms. The van der Waals surface area contributed by atoms with Gasteiger partial charge in [-0.15, -0.1) is 0 Å². The highest BCUT2D eigenvalue weighted by Gasteiger charge is 2.76. The summed E-state index contributed by atoms with van der Waals surface area (Å²) in [5.41, 5.74) is -6.67. The maximum absolute atomic E-state index is 15.6. The van der Waals surface area contributed by atoms with Crippen LogP contribution in [-0.2, 0) is 19.1 Å². The summed E-state index contributed by atoms with van der Waals surface area (Å²) in [6, 6.07) is 0. The van der Waals surface area contributed by atoms with Gasteiger partial charge in [0.25, 0.3) is 0 Å².